The Morgan fingerprint density at radius 3 is 2.48 bits per heavy atom. The minimum Gasteiger partial charge on any atom is -0.494 e. The minimum absolute atomic E-state index is 0.0876. The number of rotatable bonds is 7. The maximum atomic E-state index is 12.6. The van der Waals surface area contributed by atoms with Crippen molar-refractivity contribution in [3.63, 3.8) is 0 Å². The number of nitrogens with one attached hydrogen (secondary N) is 1. The van der Waals surface area contributed by atoms with Crippen LogP contribution in [0.3, 0.4) is 0 Å². The summed E-state index contributed by atoms with van der Waals surface area (Å²) in [6, 6.07) is 22.2. The maximum absolute atomic E-state index is 12.6. The Hall–Kier alpha value is -3.80. The first-order chi connectivity index (χ1) is 15.1. The van der Waals surface area contributed by atoms with E-state index < -0.39 is 0 Å². The molecule has 3 aromatic rings. The van der Waals surface area contributed by atoms with E-state index >= 15 is 0 Å². The first-order valence-electron chi connectivity index (χ1n) is 10.2. The largest absolute Gasteiger partial charge is 0.494 e. The van der Waals surface area contributed by atoms with Crippen molar-refractivity contribution in [2.24, 2.45) is 0 Å². The standard InChI is InChI=1S/C25H24N2O4/c1-30-23-16-20(11-14-22(23)27-15-5-8-24(27)28)26-25(29)19-9-12-21(13-10-19)31-17-18-6-3-2-4-7-18/h2-4,6-7,9-14,16H,5,8,15,17H2,1H3,(H,26,29). The molecule has 3 aromatic carbocycles. The van der Waals surface area contributed by atoms with E-state index in [1.165, 1.54) is 0 Å². The monoisotopic (exact) mass is 416 g/mol. The van der Waals surface area contributed by atoms with Gasteiger partial charge in [-0.1, -0.05) is 30.3 Å². The molecule has 2 amide bonds. The lowest BCUT2D eigenvalue weighted by molar-refractivity contribution is -0.117. The average molecular weight is 416 g/mol. The van der Waals surface area contributed by atoms with Crippen LogP contribution in [0.15, 0.2) is 72.8 Å². The fourth-order valence-electron chi connectivity index (χ4n) is 3.53. The summed E-state index contributed by atoms with van der Waals surface area (Å²) in [5.74, 6) is 1.10. The fraction of sp³-hybridized carbons (Fsp3) is 0.200. The molecule has 6 heteroatoms. The van der Waals surface area contributed by atoms with Gasteiger partial charge in [-0.3, -0.25) is 9.59 Å². The van der Waals surface area contributed by atoms with E-state index in [0.717, 1.165) is 17.7 Å². The Kier molecular flexibility index (Phi) is 6.17. The van der Waals surface area contributed by atoms with Gasteiger partial charge in [0.2, 0.25) is 5.91 Å². The molecular formula is C25H24N2O4. The summed E-state index contributed by atoms with van der Waals surface area (Å²) in [5, 5.41) is 2.88. The lowest BCUT2D eigenvalue weighted by Crippen LogP contribution is -2.24. The van der Waals surface area contributed by atoms with E-state index in [9.17, 15) is 9.59 Å². The molecule has 1 aliphatic rings. The molecule has 1 fully saturated rings. The van der Waals surface area contributed by atoms with Crippen molar-refractivity contribution >= 4 is 23.2 Å². The number of ether oxygens (including phenoxy) is 2. The zero-order valence-corrected chi connectivity index (χ0v) is 17.3. The van der Waals surface area contributed by atoms with Gasteiger partial charge in [-0.2, -0.15) is 0 Å². The molecule has 1 heterocycles. The van der Waals surface area contributed by atoms with E-state index in [0.29, 0.717) is 42.3 Å². The number of anilines is 2. The van der Waals surface area contributed by atoms with Crippen molar-refractivity contribution in [1.29, 1.82) is 0 Å². The van der Waals surface area contributed by atoms with Gasteiger partial charge in [-0.05, 0) is 48.4 Å². The molecule has 1 saturated heterocycles. The summed E-state index contributed by atoms with van der Waals surface area (Å²) in [4.78, 5) is 26.4. The number of hydrogen-bond acceptors (Lipinski definition) is 4. The van der Waals surface area contributed by atoms with E-state index in [4.69, 9.17) is 9.47 Å². The van der Waals surface area contributed by atoms with Gasteiger partial charge >= 0.3 is 0 Å². The van der Waals surface area contributed by atoms with Gasteiger partial charge in [-0.15, -0.1) is 0 Å². The number of carbonyl (C=O) groups excluding carboxylic acids is 2. The Balaban J connectivity index is 1.40. The number of methoxy groups -OCH3 is 1. The summed E-state index contributed by atoms with van der Waals surface area (Å²) >= 11 is 0. The normalized spacial score (nSPS) is 13.2. The lowest BCUT2D eigenvalue weighted by atomic mass is 10.2. The van der Waals surface area contributed by atoms with Gasteiger partial charge in [0.1, 0.15) is 18.1 Å². The Bertz CT molecular complexity index is 1060. The molecule has 1 aliphatic heterocycles. The molecule has 0 bridgehead atoms. The van der Waals surface area contributed by atoms with Crippen LogP contribution in [-0.2, 0) is 11.4 Å². The molecule has 0 radical (unpaired) electrons. The van der Waals surface area contributed by atoms with Crippen LogP contribution in [0.2, 0.25) is 0 Å². The van der Waals surface area contributed by atoms with Crippen molar-refractivity contribution < 1.29 is 19.1 Å². The summed E-state index contributed by atoms with van der Waals surface area (Å²) < 4.78 is 11.2. The van der Waals surface area contributed by atoms with E-state index in [2.05, 4.69) is 5.32 Å². The van der Waals surface area contributed by atoms with Crippen LogP contribution in [0.5, 0.6) is 11.5 Å². The Morgan fingerprint density at radius 2 is 1.81 bits per heavy atom. The van der Waals surface area contributed by atoms with Crippen molar-refractivity contribution in [1.82, 2.24) is 0 Å². The summed E-state index contributed by atoms with van der Waals surface area (Å²) in [7, 11) is 1.55. The molecule has 0 aliphatic carbocycles. The number of amides is 2. The predicted octanol–water partition coefficient (Wildman–Crippen LogP) is 4.65. The minimum atomic E-state index is -0.235. The van der Waals surface area contributed by atoms with Crippen molar-refractivity contribution in [2.45, 2.75) is 19.4 Å². The van der Waals surface area contributed by atoms with Gasteiger partial charge in [0.25, 0.3) is 5.91 Å². The number of benzene rings is 3. The number of hydrogen-bond donors (Lipinski definition) is 1. The second-order valence-electron chi connectivity index (χ2n) is 7.29. The van der Waals surface area contributed by atoms with Gasteiger partial charge in [0.05, 0.1) is 12.8 Å². The van der Waals surface area contributed by atoms with Crippen LogP contribution in [-0.4, -0.2) is 25.5 Å². The van der Waals surface area contributed by atoms with Crippen molar-refractivity contribution in [2.75, 3.05) is 23.9 Å². The molecule has 31 heavy (non-hydrogen) atoms. The third kappa shape index (κ3) is 4.86. The van der Waals surface area contributed by atoms with Crippen molar-refractivity contribution in [3.05, 3.63) is 83.9 Å². The third-order valence-corrected chi connectivity index (χ3v) is 5.17. The van der Waals surface area contributed by atoms with Crippen LogP contribution in [0.4, 0.5) is 11.4 Å². The molecule has 0 atom stereocenters. The van der Waals surface area contributed by atoms with Gasteiger partial charge in [-0.25, -0.2) is 0 Å². The second kappa shape index (κ2) is 9.34. The molecule has 6 nitrogen and oxygen atoms in total. The maximum Gasteiger partial charge on any atom is 0.255 e. The summed E-state index contributed by atoms with van der Waals surface area (Å²) in [6.45, 7) is 1.15. The third-order valence-electron chi connectivity index (χ3n) is 5.17. The summed E-state index contributed by atoms with van der Waals surface area (Å²) in [5.41, 5.74) is 2.92. The number of nitrogens with zero attached hydrogens (tertiary/aromatic N) is 1. The molecule has 0 saturated carbocycles. The highest BCUT2D eigenvalue weighted by Gasteiger charge is 2.24. The van der Waals surface area contributed by atoms with E-state index in [-0.39, 0.29) is 11.8 Å². The van der Waals surface area contributed by atoms with Crippen molar-refractivity contribution in [3.8, 4) is 11.5 Å². The second-order valence-corrected chi connectivity index (χ2v) is 7.29. The summed E-state index contributed by atoms with van der Waals surface area (Å²) in [6.07, 6.45) is 1.39. The van der Waals surface area contributed by atoms with Gasteiger partial charge in [0, 0.05) is 30.3 Å². The van der Waals surface area contributed by atoms with Gasteiger partial charge in [0.15, 0.2) is 0 Å². The quantitative estimate of drug-likeness (QED) is 0.609. The zero-order valence-electron chi connectivity index (χ0n) is 17.3. The van der Waals surface area contributed by atoms with Crippen LogP contribution >= 0.6 is 0 Å². The lowest BCUT2D eigenvalue weighted by Gasteiger charge is -2.19. The molecule has 1 N–H and O–H groups in total. The number of carbonyl (C=O) groups is 2. The van der Waals surface area contributed by atoms with Crippen LogP contribution in [0.1, 0.15) is 28.8 Å². The van der Waals surface area contributed by atoms with Crippen LogP contribution < -0.4 is 19.7 Å². The Labute approximate surface area is 181 Å². The molecule has 0 spiro atoms. The topological polar surface area (TPSA) is 67.9 Å². The first kappa shape index (κ1) is 20.5. The zero-order chi connectivity index (χ0) is 21.6. The predicted molar refractivity (Wildman–Crippen MR) is 120 cm³/mol. The van der Waals surface area contributed by atoms with E-state index in [1.54, 1.807) is 54.5 Å². The highest BCUT2D eigenvalue weighted by Crippen LogP contribution is 2.34. The fourth-order valence-corrected chi connectivity index (χ4v) is 3.53. The SMILES string of the molecule is COc1cc(NC(=O)c2ccc(OCc3ccccc3)cc2)ccc1N1CCCC1=O. The van der Waals surface area contributed by atoms with Gasteiger partial charge < -0.3 is 19.7 Å². The highest BCUT2D eigenvalue weighted by molar-refractivity contribution is 6.05. The van der Waals surface area contributed by atoms with Crippen LogP contribution in [0.25, 0.3) is 0 Å². The first-order valence-corrected chi connectivity index (χ1v) is 10.2. The van der Waals surface area contributed by atoms with E-state index in [1.807, 2.05) is 30.3 Å². The highest BCUT2D eigenvalue weighted by atomic mass is 16.5. The molecule has 4 rings (SSSR count). The molecular weight excluding hydrogens is 392 g/mol. The molecule has 158 valence electrons. The Morgan fingerprint density at radius 1 is 1.03 bits per heavy atom. The smallest absolute Gasteiger partial charge is 0.255 e. The van der Waals surface area contributed by atoms with Crippen LogP contribution in [0, 0.1) is 0 Å². The molecule has 0 unspecified atom stereocenters. The molecule has 0 aromatic heterocycles. The average Bonchev–Trinajstić information content (AvgIpc) is 3.24.